The second-order valence-corrected chi connectivity index (χ2v) is 5.09. The van der Waals surface area contributed by atoms with Crippen LogP contribution >= 0.6 is 0 Å². The molecular weight excluding hydrogens is 176 g/mol. The molecule has 14 heavy (non-hydrogen) atoms. The van der Waals surface area contributed by atoms with E-state index in [-0.39, 0.29) is 0 Å². The van der Waals surface area contributed by atoms with Gasteiger partial charge in [0.25, 0.3) is 0 Å². The zero-order valence-corrected chi connectivity index (χ0v) is 8.59. The molecule has 3 nitrogen and oxygen atoms in total. The number of carbonyl (C=O) groups excluding carboxylic acids is 1. The van der Waals surface area contributed by atoms with Gasteiger partial charge in [0.2, 0.25) is 5.91 Å². The first kappa shape index (κ1) is 8.72. The van der Waals surface area contributed by atoms with Crippen LogP contribution in [-0.4, -0.2) is 36.0 Å². The van der Waals surface area contributed by atoms with Gasteiger partial charge in [-0.2, -0.15) is 0 Å². The molecule has 2 heterocycles. The highest BCUT2D eigenvalue weighted by Crippen LogP contribution is 2.35. The standard InChI is InChI=1S/C11H18N2O/c14-10(9-2-3-9)13-7-5-11(8-13)4-1-6-12-11/h9,12H,1-8H2. The lowest BCUT2D eigenvalue weighted by Crippen LogP contribution is -2.43. The molecule has 78 valence electrons. The van der Waals surface area contributed by atoms with E-state index in [1.54, 1.807) is 0 Å². The van der Waals surface area contributed by atoms with Gasteiger partial charge in [-0.05, 0) is 38.6 Å². The average molecular weight is 194 g/mol. The third kappa shape index (κ3) is 1.34. The van der Waals surface area contributed by atoms with E-state index < -0.39 is 0 Å². The summed E-state index contributed by atoms with van der Waals surface area (Å²) in [5.41, 5.74) is 0.310. The number of nitrogens with zero attached hydrogens (tertiary/aromatic N) is 1. The maximum Gasteiger partial charge on any atom is 0.225 e. The second kappa shape index (κ2) is 2.96. The molecule has 0 aromatic carbocycles. The molecule has 1 unspecified atom stereocenters. The number of hydrogen-bond donors (Lipinski definition) is 1. The first-order valence-electron chi connectivity index (χ1n) is 5.83. The molecule has 1 N–H and O–H groups in total. The van der Waals surface area contributed by atoms with E-state index in [4.69, 9.17) is 0 Å². The van der Waals surface area contributed by atoms with Gasteiger partial charge >= 0.3 is 0 Å². The molecule has 2 saturated heterocycles. The Morgan fingerprint density at radius 1 is 1.36 bits per heavy atom. The van der Waals surface area contributed by atoms with Crippen LogP contribution in [0, 0.1) is 5.92 Å². The van der Waals surface area contributed by atoms with E-state index in [0.717, 1.165) is 32.5 Å². The van der Waals surface area contributed by atoms with Crippen molar-refractivity contribution in [3.8, 4) is 0 Å². The van der Waals surface area contributed by atoms with Crippen LogP contribution in [0.5, 0.6) is 0 Å². The van der Waals surface area contributed by atoms with Crippen LogP contribution < -0.4 is 5.32 Å². The van der Waals surface area contributed by atoms with Crippen molar-refractivity contribution in [1.82, 2.24) is 10.2 Å². The van der Waals surface area contributed by atoms with Gasteiger partial charge in [0, 0.05) is 24.5 Å². The molecule has 0 aromatic heterocycles. The lowest BCUT2D eigenvalue weighted by atomic mass is 9.97. The molecule has 3 heteroatoms. The van der Waals surface area contributed by atoms with Crippen molar-refractivity contribution in [2.24, 2.45) is 5.92 Å². The molecule has 3 fully saturated rings. The van der Waals surface area contributed by atoms with E-state index in [9.17, 15) is 4.79 Å². The van der Waals surface area contributed by atoms with Gasteiger partial charge < -0.3 is 10.2 Å². The van der Waals surface area contributed by atoms with E-state index in [1.165, 1.54) is 19.3 Å². The Morgan fingerprint density at radius 3 is 2.86 bits per heavy atom. The van der Waals surface area contributed by atoms with Crippen LogP contribution in [0.25, 0.3) is 0 Å². The highest BCUT2D eigenvalue weighted by Gasteiger charge is 2.44. The van der Waals surface area contributed by atoms with Crippen LogP contribution in [0.4, 0.5) is 0 Å². The third-order valence-electron chi connectivity index (χ3n) is 3.92. The Morgan fingerprint density at radius 2 is 2.21 bits per heavy atom. The van der Waals surface area contributed by atoms with E-state index in [2.05, 4.69) is 10.2 Å². The molecule has 1 atom stereocenters. The van der Waals surface area contributed by atoms with Crippen LogP contribution in [0.1, 0.15) is 32.1 Å². The number of hydrogen-bond acceptors (Lipinski definition) is 2. The number of rotatable bonds is 1. The fourth-order valence-corrected chi connectivity index (χ4v) is 2.87. The molecule has 1 spiro atoms. The number of amides is 1. The fourth-order valence-electron chi connectivity index (χ4n) is 2.87. The van der Waals surface area contributed by atoms with Crippen LogP contribution in [0.15, 0.2) is 0 Å². The molecule has 0 bridgehead atoms. The lowest BCUT2D eigenvalue weighted by molar-refractivity contribution is -0.131. The summed E-state index contributed by atoms with van der Waals surface area (Å²) < 4.78 is 0. The third-order valence-corrected chi connectivity index (χ3v) is 3.92. The Bertz CT molecular complexity index is 254. The summed E-state index contributed by atoms with van der Waals surface area (Å²) in [6.45, 7) is 3.11. The van der Waals surface area contributed by atoms with Crippen LogP contribution in [0.2, 0.25) is 0 Å². The quantitative estimate of drug-likeness (QED) is 0.668. The predicted octanol–water partition coefficient (Wildman–Crippen LogP) is 0.751. The van der Waals surface area contributed by atoms with Crippen molar-refractivity contribution in [1.29, 1.82) is 0 Å². The van der Waals surface area contributed by atoms with Gasteiger partial charge in [-0.15, -0.1) is 0 Å². The first-order valence-corrected chi connectivity index (χ1v) is 5.83. The van der Waals surface area contributed by atoms with Crippen LogP contribution in [-0.2, 0) is 4.79 Å². The van der Waals surface area contributed by atoms with E-state index in [1.807, 2.05) is 0 Å². The zero-order valence-electron chi connectivity index (χ0n) is 8.59. The molecule has 3 aliphatic rings. The summed E-state index contributed by atoms with van der Waals surface area (Å²) in [6, 6.07) is 0. The van der Waals surface area contributed by atoms with Gasteiger partial charge in [0.15, 0.2) is 0 Å². The topological polar surface area (TPSA) is 32.3 Å². The second-order valence-electron chi connectivity index (χ2n) is 5.09. The van der Waals surface area contributed by atoms with E-state index >= 15 is 0 Å². The van der Waals surface area contributed by atoms with Gasteiger partial charge in [-0.1, -0.05) is 0 Å². The highest BCUT2D eigenvalue weighted by atomic mass is 16.2. The summed E-state index contributed by atoms with van der Waals surface area (Å²) in [5, 5.41) is 3.58. The minimum atomic E-state index is 0.310. The van der Waals surface area contributed by atoms with Crippen molar-refractivity contribution in [3.63, 3.8) is 0 Å². The normalized spacial score (nSPS) is 37.0. The Labute approximate surface area is 84.8 Å². The molecule has 0 radical (unpaired) electrons. The summed E-state index contributed by atoms with van der Waals surface area (Å²) in [4.78, 5) is 13.9. The van der Waals surface area contributed by atoms with Crippen LogP contribution in [0.3, 0.4) is 0 Å². The van der Waals surface area contributed by atoms with Crippen molar-refractivity contribution in [3.05, 3.63) is 0 Å². The first-order chi connectivity index (χ1) is 6.79. The SMILES string of the molecule is O=C(C1CC1)N1CCC2(CCCN2)C1. The smallest absolute Gasteiger partial charge is 0.225 e. The average Bonchev–Trinajstić information content (AvgIpc) is 2.82. The monoisotopic (exact) mass is 194 g/mol. The summed E-state index contributed by atoms with van der Waals surface area (Å²) in [6.07, 6.45) is 5.99. The summed E-state index contributed by atoms with van der Waals surface area (Å²) >= 11 is 0. The number of carbonyl (C=O) groups is 1. The van der Waals surface area contributed by atoms with Gasteiger partial charge in [-0.3, -0.25) is 4.79 Å². The Kier molecular flexibility index (Phi) is 1.84. The molecular formula is C11H18N2O. The zero-order chi connectivity index (χ0) is 9.60. The van der Waals surface area contributed by atoms with E-state index in [0.29, 0.717) is 17.4 Å². The largest absolute Gasteiger partial charge is 0.341 e. The molecule has 1 aliphatic carbocycles. The van der Waals surface area contributed by atoms with Crippen molar-refractivity contribution in [2.75, 3.05) is 19.6 Å². The Balaban J connectivity index is 1.65. The number of likely N-dealkylation sites (tertiary alicyclic amines) is 1. The summed E-state index contributed by atoms with van der Waals surface area (Å²) in [7, 11) is 0. The summed E-state index contributed by atoms with van der Waals surface area (Å²) in [5.74, 6) is 0.821. The van der Waals surface area contributed by atoms with Gasteiger partial charge in [-0.25, -0.2) is 0 Å². The minimum absolute atomic E-state index is 0.310. The van der Waals surface area contributed by atoms with Crippen molar-refractivity contribution in [2.45, 2.75) is 37.6 Å². The Hall–Kier alpha value is -0.570. The minimum Gasteiger partial charge on any atom is -0.341 e. The van der Waals surface area contributed by atoms with Crippen molar-refractivity contribution >= 4 is 5.91 Å². The number of nitrogens with one attached hydrogen (secondary N) is 1. The maximum atomic E-state index is 11.8. The maximum absolute atomic E-state index is 11.8. The lowest BCUT2D eigenvalue weighted by Gasteiger charge is -2.24. The van der Waals surface area contributed by atoms with Gasteiger partial charge in [0.05, 0.1) is 0 Å². The van der Waals surface area contributed by atoms with Gasteiger partial charge in [0.1, 0.15) is 0 Å². The van der Waals surface area contributed by atoms with Crippen molar-refractivity contribution < 1.29 is 4.79 Å². The molecule has 2 aliphatic heterocycles. The predicted molar refractivity (Wildman–Crippen MR) is 53.9 cm³/mol. The molecule has 0 aromatic rings. The highest BCUT2D eigenvalue weighted by molar-refractivity contribution is 5.81. The molecule has 3 rings (SSSR count). The fraction of sp³-hybridized carbons (Fsp3) is 0.909. The molecule has 1 saturated carbocycles. The molecule has 1 amide bonds.